The van der Waals surface area contributed by atoms with Crippen LogP contribution in [0, 0.1) is 5.41 Å². The molecule has 0 saturated carbocycles. The van der Waals surface area contributed by atoms with Crippen LogP contribution < -0.4 is 0 Å². The minimum absolute atomic E-state index is 0.130. The molecule has 1 atom stereocenters. The smallest absolute Gasteiger partial charge is 0.246 e. The van der Waals surface area contributed by atoms with Gasteiger partial charge in [0.2, 0.25) is 5.91 Å². The first kappa shape index (κ1) is 23.2. The Kier molecular flexibility index (Phi) is 13.0. The number of hydrogen-bond donors (Lipinski definition) is 0. The van der Waals surface area contributed by atoms with Crippen LogP contribution in [0.15, 0.2) is 12.2 Å². The molecule has 0 aromatic carbocycles. The van der Waals surface area contributed by atoms with Crippen molar-refractivity contribution in [3.8, 4) is 0 Å². The van der Waals surface area contributed by atoms with Gasteiger partial charge in [-0.15, -0.1) is 0 Å². The van der Waals surface area contributed by atoms with Gasteiger partial charge in [0.15, 0.2) is 0 Å². The van der Waals surface area contributed by atoms with Crippen molar-refractivity contribution in [3.05, 3.63) is 12.2 Å². The molecule has 0 aliphatic heterocycles. The molecule has 0 spiro atoms. The summed E-state index contributed by atoms with van der Waals surface area (Å²) in [7, 11) is 5.97. The highest BCUT2D eigenvalue weighted by Gasteiger charge is 2.26. The van der Waals surface area contributed by atoms with E-state index in [0.29, 0.717) is 0 Å². The van der Waals surface area contributed by atoms with E-state index in [4.69, 9.17) is 0 Å². The highest BCUT2D eigenvalue weighted by molar-refractivity contribution is 5.87. The Bertz CT molecular complexity index is 352. The zero-order valence-corrected chi connectivity index (χ0v) is 17.2. The van der Waals surface area contributed by atoms with E-state index in [9.17, 15) is 4.79 Å². The van der Waals surface area contributed by atoms with Crippen LogP contribution in [-0.4, -0.2) is 49.9 Å². The fourth-order valence-electron chi connectivity index (χ4n) is 3.18. The normalized spacial score (nSPS) is 14.3. The van der Waals surface area contributed by atoms with Gasteiger partial charge in [0.25, 0.3) is 0 Å². The molecule has 0 radical (unpaired) electrons. The second kappa shape index (κ2) is 13.5. The molecular formula is C21H42N2O. The summed E-state index contributed by atoms with van der Waals surface area (Å²) >= 11 is 0. The highest BCUT2D eigenvalue weighted by Crippen LogP contribution is 2.32. The van der Waals surface area contributed by atoms with Crippen molar-refractivity contribution >= 4 is 5.91 Å². The predicted molar refractivity (Wildman–Crippen MR) is 106 cm³/mol. The van der Waals surface area contributed by atoms with Crippen molar-refractivity contribution in [1.29, 1.82) is 0 Å². The van der Waals surface area contributed by atoms with E-state index in [1.807, 2.05) is 32.1 Å². The maximum absolute atomic E-state index is 12.3. The van der Waals surface area contributed by atoms with E-state index in [2.05, 4.69) is 25.7 Å². The van der Waals surface area contributed by atoms with Crippen LogP contribution in [0.2, 0.25) is 0 Å². The zero-order valence-electron chi connectivity index (χ0n) is 17.2. The quantitative estimate of drug-likeness (QED) is 0.324. The number of rotatable bonds is 14. The van der Waals surface area contributed by atoms with Gasteiger partial charge in [-0.2, -0.15) is 0 Å². The molecule has 0 aromatic heterocycles. The number of amides is 1. The fraction of sp³-hybridized carbons (Fsp3) is 0.857. The van der Waals surface area contributed by atoms with Gasteiger partial charge in [-0.3, -0.25) is 4.79 Å². The van der Waals surface area contributed by atoms with Gasteiger partial charge in [-0.05, 0) is 32.4 Å². The van der Waals surface area contributed by atoms with Crippen LogP contribution in [0.25, 0.3) is 0 Å². The molecule has 0 aromatic rings. The van der Waals surface area contributed by atoms with Crippen LogP contribution >= 0.6 is 0 Å². The van der Waals surface area contributed by atoms with Crippen LogP contribution in [-0.2, 0) is 4.79 Å². The summed E-state index contributed by atoms with van der Waals surface area (Å²) in [6.45, 7) is 8.56. The highest BCUT2D eigenvalue weighted by atomic mass is 16.2. The molecule has 0 heterocycles. The number of carbonyl (C=O) groups excluding carboxylic acids is 1. The molecule has 0 N–H and O–H groups in total. The van der Waals surface area contributed by atoms with Gasteiger partial charge in [0.05, 0.1) is 0 Å². The summed E-state index contributed by atoms with van der Waals surface area (Å²) in [6.07, 6.45) is 15.2. The monoisotopic (exact) mass is 338 g/mol. The third-order valence-electron chi connectivity index (χ3n) is 4.74. The molecule has 0 rings (SSSR count). The van der Waals surface area contributed by atoms with Gasteiger partial charge < -0.3 is 9.80 Å². The summed E-state index contributed by atoms with van der Waals surface area (Å²) in [6, 6.07) is 0. The summed E-state index contributed by atoms with van der Waals surface area (Å²) in [5.41, 5.74) is 0.252. The maximum atomic E-state index is 12.3. The van der Waals surface area contributed by atoms with Crippen LogP contribution in [0.1, 0.15) is 78.6 Å². The van der Waals surface area contributed by atoms with E-state index < -0.39 is 0 Å². The van der Waals surface area contributed by atoms with Crippen molar-refractivity contribution in [1.82, 2.24) is 9.80 Å². The second-order valence-electron chi connectivity index (χ2n) is 7.94. The summed E-state index contributed by atoms with van der Waals surface area (Å²) in [4.78, 5) is 16.3. The average Bonchev–Trinajstić information content (AvgIpc) is 2.52. The molecule has 0 bridgehead atoms. The summed E-state index contributed by atoms with van der Waals surface area (Å²) in [5, 5.41) is 0. The molecule has 0 aliphatic rings. The molecule has 142 valence electrons. The average molecular weight is 339 g/mol. The van der Waals surface area contributed by atoms with E-state index in [1.54, 1.807) is 6.08 Å². The maximum Gasteiger partial charge on any atom is 0.246 e. The molecule has 3 heteroatoms. The third-order valence-corrected chi connectivity index (χ3v) is 4.74. The number of carbonyl (C=O) groups is 1. The van der Waals surface area contributed by atoms with E-state index in [-0.39, 0.29) is 11.3 Å². The lowest BCUT2D eigenvalue weighted by Crippen LogP contribution is -2.37. The Balaban J connectivity index is 4.50. The standard InChI is InChI=1S/C21H42N2O/c1-7-9-11-12-13-17-21(3,16-10-8-2)19-23(6)20(24)15-14-18-22(4)5/h14-15H,7-13,16-19H2,1-6H3/b15-14+. The first-order valence-electron chi connectivity index (χ1n) is 9.91. The van der Waals surface area contributed by atoms with Crippen molar-refractivity contribution in [2.75, 3.05) is 34.2 Å². The fourth-order valence-corrected chi connectivity index (χ4v) is 3.18. The van der Waals surface area contributed by atoms with Crippen LogP contribution in [0.5, 0.6) is 0 Å². The van der Waals surface area contributed by atoms with Crippen LogP contribution in [0.3, 0.4) is 0 Å². The zero-order chi connectivity index (χ0) is 18.4. The molecule has 1 amide bonds. The first-order chi connectivity index (χ1) is 11.3. The SMILES string of the molecule is CCCCCCCC(C)(CCCC)CN(C)C(=O)/C=C/CN(C)C. The number of likely N-dealkylation sites (N-methyl/N-ethyl adjacent to an activating group) is 2. The van der Waals surface area contributed by atoms with Gasteiger partial charge in [-0.1, -0.05) is 71.8 Å². The molecule has 0 saturated heterocycles. The number of nitrogens with zero attached hydrogens (tertiary/aromatic N) is 2. The van der Waals surface area contributed by atoms with Crippen molar-refractivity contribution < 1.29 is 4.79 Å². The Morgan fingerprint density at radius 2 is 1.50 bits per heavy atom. The van der Waals surface area contributed by atoms with Gasteiger partial charge in [0, 0.05) is 26.2 Å². The molecule has 1 unspecified atom stereocenters. The minimum Gasteiger partial charge on any atom is -0.342 e. The molecule has 0 fully saturated rings. The van der Waals surface area contributed by atoms with Crippen molar-refractivity contribution in [2.45, 2.75) is 78.6 Å². The molecule has 3 nitrogen and oxygen atoms in total. The molecule has 24 heavy (non-hydrogen) atoms. The Hall–Kier alpha value is -0.830. The lowest BCUT2D eigenvalue weighted by Gasteiger charge is -2.34. The van der Waals surface area contributed by atoms with E-state index in [0.717, 1.165) is 13.1 Å². The number of hydrogen-bond acceptors (Lipinski definition) is 2. The van der Waals surface area contributed by atoms with Crippen LogP contribution in [0.4, 0.5) is 0 Å². The molecular weight excluding hydrogens is 296 g/mol. The van der Waals surface area contributed by atoms with E-state index >= 15 is 0 Å². The Labute approximate surface area is 151 Å². The topological polar surface area (TPSA) is 23.6 Å². The first-order valence-corrected chi connectivity index (χ1v) is 9.91. The van der Waals surface area contributed by atoms with Crippen molar-refractivity contribution in [3.63, 3.8) is 0 Å². The third kappa shape index (κ3) is 11.7. The van der Waals surface area contributed by atoms with Gasteiger partial charge in [-0.25, -0.2) is 0 Å². The van der Waals surface area contributed by atoms with Crippen molar-refractivity contribution in [2.24, 2.45) is 5.41 Å². The molecule has 0 aliphatic carbocycles. The lowest BCUT2D eigenvalue weighted by atomic mass is 9.79. The number of unbranched alkanes of at least 4 members (excludes halogenated alkanes) is 5. The largest absolute Gasteiger partial charge is 0.342 e. The Morgan fingerprint density at radius 1 is 0.917 bits per heavy atom. The Morgan fingerprint density at radius 3 is 2.08 bits per heavy atom. The summed E-state index contributed by atoms with van der Waals surface area (Å²) in [5.74, 6) is 0.130. The van der Waals surface area contributed by atoms with Gasteiger partial charge >= 0.3 is 0 Å². The van der Waals surface area contributed by atoms with Gasteiger partial charge in [0.1, 0.15) is 0 Å². The minimum atomic E-state index is 0.130. The summed E-state index contributed by atoms with van der Waals surface area (Å²) < 4.78 is 0. The van der Waals surface area contributed by atoms with E-state index in [1.165, 1.54) is 57.8 Å². The predicted octanol–water partition coefficient (Wildman–Crippen LogP) is 5.12. The lowest BCUT2D eigenvalue weighted by molar-refractivity contribution is -0.126. The second-order valence-corrected chi connectivity index (χ2v) is 7.94.